The second-order valence-electron chi connectivity index (χ2n) is 9.07. The van der Waals surface area contributed by atoms with Gasteiger partial charge in [0.05, 0.1) is 19.0 Å². The monoisotopic (exact) mass is 503 g/mol. The number of rotatable bonds is 9. The Balaban J connectivity index is 1.68. The predicted molar refractivity (Wildman–Crippen MR) is 124 cm³/mol. The Labute approximate surface area is 206 Å². The third-order valence-electron chi connectivity index (χ3n) is 4.81. The van der Waals surface area contributed by atoms with Crippen LogP contribution in [0.1, 0.15) is 45.8 Å². The number of benzene rings is 2. The largest absolute Gasteiger partial charge is 0.483 e. The summed E-state index contributed by atoms with van der Waals surface area (Å²) in [6.07, 6.45) is -1.70. The second-order valence-corrected chi connectivity index (χ2v) is 9.07. The molecule has 12 heteroatoms. The third-order valence-corrected chi connectivity index (χ3v) is 4.81. The summed E-state index contributed by atoms with van der Waals surface area (Å²) in [5.74, 6) is -2.08. The molecule has 3 rings (SSSR count). The Morgan fingerprint density at radius 2 is 1.83 bits per heavy atom. The molecule has 0 radical (unpaired) electrons. The maximum atomic E-state index is 14.7. The lowest BCUT2D eigenvalue weighted by Crippen LogP contribution is -2.42. The SMILES string of the molecule is CC(Oc1ccc(-c2nnn(CC(CC(=O)O)NC(=O)OC(C)(C)C)n2)cc1F)c1ccc(F)cc1. The lowest BCUT2D eigenvalue weighted by Gasteiger charge is -2.22. The molecule has 1 heterocycles. The number of aliphatic carboxylic acids is 1. The van der Waals surface area contributed by atoms with Crippen LogP contribution in [0.5, 0.6) is 5.75 Å². The number of alkyl carbamates (subject to hydrolysis) is 1. The summed E-state index contributed by atoms with van der Waals surface area (Å²) >= 11 is 0. The van der Waals surface area contributed by atoms with Crippen LogP contribution >= 0.6 is 0 Å². The fraction of sp³-hybridized carbons (Fsp3) is 0.375. The molecule has 0 aliphatic rings. The van der Waals surface area contributed by atoms with Crippen molar-refractivity contribution in [3.8, 4) is 17.1 Å². The first-order valence-electron chi connectivity index (χ1n) is 11.1. The van der Waals surface area contributed by atoms with Crippen LogP contribution in [0.25, 0.3) is 11.4 Å². The Morgan fingerprint density at radius 3 is 2.44 bits per heavy atom. The topological polar surface area (TPSA) is 128 Å². The molecule has 0 aliphatic carbocycles. The molecule has 0 bridgehead atoms. The molecule has 0 saturated heterocycles. The number of halogens is 2. The van der Waals surface area contributed by atoms with E-state index >= 15 is 0 Å². The first kappa shape index (κ1) is 26.5. The molecule has 2 atom stereocenters. The zero-order chi connectivity index (χ0) is 26.5. The molecule has 10 nitrogen and oxygen atoms in total. The quantitative estimate of drug-likeness (QED) is 0.446. The molecule has 0 spiro atoms. The molecule has 0 saturated carbocycles. The highest BCUT2D eigenvalue weighted by Gasteiger charge is 2.23. The van der Waals surface area contributed by atoms with Crippen LogP contribution in [-0.4, -0.2) is 49.0 Å². The molecule has 2 aromatic carbocycles. The van der Waals surface area contributed by atoms with Crippen LogP contribution in [0, 0.1) is 11.6 Å². The lowest BCUT2D eigenvalue weighted by molar-refractivity contribution is -0.137. The Morgan fingerprint density at radius 1 is 1.14 bits per heavy atom. The number of carboxylic acids is 1. The van der Waals surface area contributed by atoms with Gasteiger partial charge in [0.15, 0.2) is 11.6 Å². The van der Waals surface area contributed by atoms with E-state index in [0.717, 1.165) is 4.80 Å². The van der Waals surface area contributed by atoms with Gasteiger partial charge in [-0.05, 0) is 68.8 Å². The van der Waals surface area contributed by atoms with Crippen molar-refractivity contribution < 1.29 is 33.0 Å². The van der Waals surface area contributed by atoms with Gasteiger partial charge in [-0.3, -0.25) is 4.79 Å². The van der Waals surface area contributed by atoms with Crippen LogP contribution in [0.4, 0.5) is 13.6 Å². The van der Waals surface area contributed by atoms with Crippen molar-refractivity contribution in [3.05, 3.63) is 59.7 Å². The first-order valence-corrected chi connectivity index (χ1v) is 11.1. The van der Waals surface area contributed by atoms with E-state index in [2.05, 4.69) is 20.7 Å². The van der Waals surface area contributed by atoms with E-state index in [-0.39, 0.29) is 23.9 Å². The van der Waals surface area contributed by atoms with Crippen LogP contribution in [0.15, 0.2) is 42.5 Å². The molecular weight excluding hydrogens is 476 g/mol. The van der Waals surface area contributed by atoms with E-state index in [4.69, 9.17) is 14.6 Å². The number of carbonyl (C=O) groups excluding carboxylic acids is 1. The van der Waals surface area contributed by atoms with Gasteiger partial charge in [0, 0.05) is 5.56 Å². The molecule has 0 aliphatic heterocycles. The van der Waals surface area contributed by atoms with Crippen molar-refractivity contribution in [3.63, 3.8) is 0 Å². The summed E-state index contributed by atoms with van der Waals surface area (Å²) in [4.78, 5) is 24.4. The maximum Gasteiger partial charge on any atom is 0.407 e. The van der Waals surface area contributed by atoms with Gasteiger partial charge in [-0.2, -0.15) is 4.80 Å². The number of ether oxygens (including phenoxy) is 2. The second kappa shape index (κ2) is 11.1. The smallest absolute Gasteiger partial charge is 0.407 e. The molecule has 1 aromatic heterocycles. The van der Waals surface area contributed by atoms with Crippen molar-refractivity contribution in [2.75, 3.05) is 0 Å². The minimum absolute atomic E-state index is 0.00829. The van der Waals surface area contributed by atoms with Gasteiger partial charge in [-0.15, -0.1) is 10.2 Å². The molecule has 2 unspecified atom stereocenters. The van der Waals surface area contributed by atoms with Crippen molar-refractivity contribution >= 4 is 12.1 Å². The zero-order valence-corrected chi connectivity index (χ0v) is 20.2. The van der Waals surface area contributed by atoms with Crippen LogP contribution < -0.4 is 10.1 Å². The van der Waals surface area contributed by atoms with E-state index in [1.807, 2.05) is 0 Å². The standard InChI is InChI=1S/C24H27F2N5O5/c1-14(15-5-8-17(25)9-6-15)35-20-10-7-16(11-19(20)26)22-28-30-31(29-22)13-18(12-21(32)33)27-23(34)36-24(2,3)4/h5-11,14,18H,12-13H2,1-4H3,(H,27,34)(H,32,33). The van der Waals surface area contributed by atoms with E-state index in [1.54, 1.807) is 45.9 Å². The van der Waals surface area contributed by atoms with Gasteiger partial charge in [-0.1, -0.05) is 12.1 Å². The average molecular weight is 504 g/mol. The highest BCUT2D eigenvalue weighted by molar-refractivity contribution is 5.71. The summed E-state index contributed by atoms with van der Waals surface area (Å²) < 4.78 is 38.7. The Kier molecular flexibility index (Phi) is 8.18. The van der Waals surface area contributed by atoms with E-state index in [0.29, 0.717) is 11.1 Å². The Bertz CT molecular complexity index is 1210. The number of carboxylic acid groups (broad SMARTS) is 1. The van der Waals surface area contributed by atoms with Gasteiger partial charge in [0.25, 0.3) is 0 Å². The molecule has 192 valence electrons. The highest BCUT2D eigenvalue weighted by Crippen LogP contribution is 2.27. The normalized spacial score (nSPS) is 13.1. The predicted octanol–water partition coefficient (Wildman–Crippen LogP) is 4.13. The number of amides is 1. The van der Waals surface area contributed by atoms with Crippen molar-refractivity contribution in [1.82, 2.24) is 25.5 Å². The van der Waals surface area contributed by atoms with Gasteiger partial charge in [-0.25, -0.2) is 13.6 Å². The van der Waals surface area contributed by atoms with E-state index < -0.39 is 42.0 Å². The van der Waals surface area contributed by atoms with E-state index in [9.17, 15) is 18.4 Å². The first-order chi connectivity index (χ1) is 16.9. The molecule has 1 amide bonds. The molecule has 3 aromatic rings. The minimum atomic E-state index is -1.14. The molecule has 2 N–H and O–H groups in total. The number of hydrogen-bond donors (Lipinski definition) is 2. The van der Waals surface area contributed by atoms with Crippen molar-refractivity contribution in [2.45, 2.75) is 58.4 Å². The minimum Gasteiger partial charge on any atom is -0.483 e. The van der Waals surface area contributed by atoms with Gasteiger partial charge in [0.2, 0.25) is 5.82 Å². The fourth-order valence-corrected chi connectivity index (χ4v) is 3.21. The summed E-state index contributed by atoms with van der Waals surface area (Å²) in [6.45, 7) is 6.67. The maximum absolute atomic E-state index is 14.7. The number of hydrogen-bond acceptors (Lipinski definition) is 7. The number of nitrogens with one attached hydrogen (secondary N) is 1. The van der Waals surface area contributed by atoms with Crippen LogP contribution in [0.2, 0.25) is 0 Å². The Hall–Kier alpha value is -4.09. The van der Waals surface area contributed by atoms with Gasteiger partial charge in [0.1, 0.15) is 17.5 Å². The molecule has 36 heavy (non-hydrogen) atoms. The zero-order valence-electron chi connectivity index (χ0n) is 20.2. The summed E-state index contributed by atoms with van der Waals surface area (Å²) in [7, 11) is 0. The number of carbonyl (C=O) groups is 2. The third kappa shape index (κ3) is 7.72. The van der Waals surface area contributed by atoms with E-state index in [1.165, 1.54) is 24.3 Å². The number of nitrogens with zero attached hydrogens (tertiary/aromatic N) is 4. The van der Waals surface area contributed by atoms with Crippen LogP contribution in [-0.2, 0) is 16.1 Å². The number of aromatic nitrogens is 4. The highest BCUT2D eigenvalue weighted by atomic mass is 19.1. The molecular formula is C24H27F2N5O5. The lowest BCUT2D eigenvalue weighted by atomic mass is 10.1. The van der Waals surface area contributed by atoms with Crippen molar-refractivity contribution in [2.24, 2.45) is 0 Å². The fourth-order valence-electron chi connectivity index (χ4n) is 3.21. The van der Waals surface area contributed by atoms with Crippen molar-refractivity contribution in [1.29, 1.82) is 0 Å². The summed E-state index contributed by atoms with van der Waals surface area (Å²) in [5, 5.41) is 23.6. The molecule has 0 fully saturated rings. The number of tetrazole rings is 1. The van der Waals surface area contributed by atoms with Gasteiger partial charge < -0.3 is 19.9 Å². The summed E-state index contributed by atoms with van der Waals surface area (Å²) in [6, 6.07) is 8.99. The van der Waals surface area contributed by atoms with Crippen LogP contribution in [0.3, 0.4) is 0 Å². The summed E-state index contributed by atoms with van der Waals surface area (Å²) in [5.41, 5.74) is 0.239. The van der Waals surface area contributed by atoms with Gasteiger partial charge >= 0.3 is 12.1 Å². The average Bonchev–Trinajstić information content (AvgIpc) is 3.22.